The van der Waals surface area contributed by atoms with Crippen molar-refractivity contribution in [3.05, 3.63) is 149 Å². The number of nitrogens with zero attached hydrogens (tertiary/aromatic N) is 1. The Bertz CT molecular complexity index is 1600. The summed E-state index contributed by atoms with van der Waals surface area (Å²) in [5.74, 6) is 0. The van der Waals surface area contributed by atoms with Gasteiger partial charge in [-0.3, -0.25) is 0 Å². The average molecular weight is 492 g/mol. The number of fused-ring (bicyclic) bond motifs is 3. The first-order valence-corrected chi connectivity index (χ1v) is 12.2. The summed E-state index contributed by atoms with van der Waals surface area (Å²) in [6.07, 6.45) is -0.157. The van der Waals surface area contributed by atoms with Crippen LogP contribution in [0.15, 0.2) is 121 Å². The van der Waals surface area contributed by atoms with E-state index >= 15 is 0 Å². The van der Waals surface area contributed by atoms with Crippen LogP contribution in [0.1, 0.15) is 27.8 Å². The highest BCUT2D eigenvalue weighted by atomic mass is 19.4. The van der Waals surface area contributed by atoms with E-state index in [1.165, 1.54) is 12.1 Å². The van der Waals surface area contributed by atoms with Gasteiger partial charge in [0.25, 0.3) is 0 Å². The van der Waals surface area contributed by atoms with E-state index in [-0.39, 0.29) is 0 Å². The molecule has 1 aliphatic rings. The summed E-state index contributed by atoms with van der Waals surface area (Å²) in [5.41, 5.74) is 4.35. The van der Waals surface area contributed by atoms with Crippen molar-refractivity contribution in [3.63, 3.8) is 0 Å². The third kappa shape index (κ3) is 3.80. The minimum Gasteiger partial charge on any atom is -0.323 e. The van der Waals surface area contributed by atoms with E-state index in [9.17, 15) is 13.2 Å². The number of halogens is 3. The van der Waals surface area contributed by atoms with E-state index in [0.717, 1.165) is 44.4 Å². The Morgan fingerprint density at radius 2 is 1.30 bits per heavy atom. The fourth-order valence-electron chi connectivity index (χ4n) is 5.38. The van der Waals surface area contributed by atoms with Crippen molar-refractivity contribution >= 4 is 28.2 Å². The maximum atomic E-state index is 13.5. The molecule has 5 aromatic rings. The lowest BCUT2D eigenvalue weighted by Gasteiger charge is -2.47. The van der Waals surface area contributed by atoms with Gasteiger partial charge >= 0.3 is 6.18 Å². The van der Waals surface area contributed by atoms with E-state index in [2.05, 4.69) is 65.6 Å². The van der Waals surface area contributed by atoms with Crippen molar-refractivity contribution in [2.45, 2.75) is 18.6 Å². The van der Waals surface area contributed by atoms with E-state index in [4.69, 9.17) is 0 Å². The summed E-state index contributed by atoms with van der Waals surface area (Å²) in [4.78, 5) is 2.26. The van der Waals surface area contributed by atoms with Gasteiger partial charge in [0.1, 0.15) is 5.54 Å². The second-order valence-corrected chi connectivity index (χ2v) is 9.43. The van der Waals surface area contributed by atoms with Gasteiger partial charge in [-0.2, -0.15) is 13.2 Å². The Morgan fingerprint density at radius 3 is 2.00 bits per heavy atom. The van der Waals surface area contributed by atoms with Gasteiger partial charge in [0.2, 0.25) is 0 Å². The molecule has 0 saturated heterocycles. The monoisotopic (exact) mass is 491 g/mol. The molecule has 0 radical (unpaired) electrons. The van der Waals surface area contributed by atoms with Gasteiger partial charge in [-0.1, -0.05) is 96.6 Å². The molecule has 6 rings (SSSR count). The van der Waals surface area contributed by atoms with Crippen molar-refractivity contribution in [2.24, 2.45) is 0 Å². The third-order valence-electron chi connectivity index (χ3n) is 7.19. The average Bonchev–Trinajstić information content (AvgIpc) is 2.93. The zero-order chi connectivity index (χ0) is 25.6. The second kappa shape index (κ2) is 8.67. The highest BCUT2D eigenvalue weighted by Crippen LogP contribution is 2.51. The molecule has 1 atom stereocenters. The van der Waals surface area contributed by atoms with Crippen LogP contribution in [0.5, 0.6) is 0 Å². The summed E-state index contributed by atoms with van der Waals surface area (Å²) >= 11 is 0. The minimum absolute atomic E-state index is 0.660. The first kappa shape index (κ1) is 23.1. The van der Waals surface area contributed by atoms with Crippen LogP contribution in [0, 0.1) is 6.92 Å². The Kier molecular flexibility index (Phi) is 5.41. The van der Waals surface area contributed by atoms with Crippen LogP contribution in [0.25, 0.3) is 16.8 Å². The number of anilines is 2. The van der Waals surface area contributed by atoms with Crippen molar-refractivity contribution in [2.75, 3.05) is 4.90 Å². The predicted octanol–water partition coefficient (Wildman–Crippen LogP) is 9.28. The van der Waals surface area contributed by atoms with Crippen LogP contribution >= 0.6 is 0 Å². The summed E-state index contributed by atoms with van der Waals surface area (Å²) in [7, 11) is 0. The molecule has 1 unspecified atom stereocenters. The van der Waals surface area contributed by atoms with E-state index in [1.54, 1.807) is 12.1 Å². The van der Waals surface area contributed by atoms with Crippen LogP contribution < -0.4 is 4.90 Å². The summed E-state index contributed by atoms with van der Waals surface area (Å²) < 4.78 is 40.4. The van der Waals surface area contributed by atoms with Gasteiger partial charge in [-0.15, -0.1) is 0 Å². The molecule has 1 nitrogen and oxygen atoms in total. The molecule has 0 amide bonds. The van der Waals surface area contributed by atoms with Crippen molar-refractivity contribution < 1.29 is 13.2 Å². The highest BCUT2D eigenvalue weighted by Gasteiger charge is 2.43. The van der Waals surface area contributed by atoms with Crippen LogP contribution in [0.3, 0.4) is 0 Å². The molecule has 37 heavy (non-hydrogen) atoms. The molecule has 0 spiro atoms. The molecule has 1 heterocycles. The molecule has 4 heteroatoms. The quantitative estimate of drug-likeness (QED) is 0.243. The van der Waals surface area contributed by atoms with E-state index in [1.807, 2.05) is 49.4 Å². The minimum atomic E-state index is -4.40. The maximum Gasteiger partial charge on any atom is 0.416 e. The smallest absolute Gasteiger partial charge is 0.323 e. The molecule has 0 N–H and O–H groups in total. The number of hydrogen-bond donors (Lipinski definition) is 0. The second-order valence-electron chi connectivity index (χ2n) is 9.43. The molecule has 5 aromatic carbocycles. The Balaban J connectivity index is 1.69. The fourth-order valence-corrected chi connectivity index (χ4v) is 5.38. The molecule has 0 bridgehead atoms. The maximum absolute atomic E-state index is 13.5. The molecule has 182 valence electrons. The van der Waals surface area contributed by atoms with Crippen LogP contribution in [-0.4, -0.2) is 0 Å². The number of hydrogen-bond acceptors (Lipinski definition) is 1. The lowest BCUT2D eigenvalue weighted by atomic mass is 9.76. The number of alkyl halides is 3. The van der Waals surface area contributed by atoms with Gasteiger partial charge in [0.15, 0.2) is 0 Å². The SMILES string of the molecule is Cc1ccc(N2c3ccc4ccccc4c3C=CC2(c2ccccc2)c2ccc(C(F)(F)F)cc2)cc1. The fraction of sp³-hybridized carbons (Fsp3) is 0.0909. The van der Waals surface area contributed by atoms with E-state index in [0.29, 0.717) is 0 Å². The molecule has 1 aliphatic heterocycles. The van der Waals surface area contributed by atoms with Gasteiger partial charge in [0.05, 0.1) is 11.3 Å². The van der Waals surface area contributed by atoms with Crippen LogP contribution in [0.4, 0.5) is 24.5 Å². The topological polar surface area (TPSA) is 3.24 Å². The highest BCUT2D eigenvalue weighted by molar-refractivity contribution is 5.99. The van der Waals surface area contributed by atoms with Crippen LogP contribution in [-0.2, 0) is 11.7 Å². The number of benzene rings is 5. The number of rotatable bonds is 3. The Hall–Kier alpha value is -4.31. The van der Waals surface area contributed by atoms with Gasteiger partial charge in [-0.05, 0) is 65.2 Å². The zero-order valence-corrected chi connectivity index (χ0v) is 20.2. The molecule has 0 aliphatic carbocycles. The summed E-state index contributed by atoms with van der Waals surface area (Å²) in [6, 6.07) is 36.3. The van der Waals surface area contributed by atoms with Crippen LogP contribution in [0.2, 0.25) is 0 Å². The molecular formula is C33H24F3N. The predicted molar refractivity (Wildman–Crippen MR) is 145 cm³/mol. The molecule has 0 saturated carbocycles. The van der Waals surface area contributed by atoms with E-state index < -0.39 is 17.3 Å². The standard InChI is InChI=1S/C33H24F3N/c1-23-11-18-28(19-12-23)37-31-20-13-24-7-5-6-10-29(24)30(31)21-22-32(37,25-8-3-2-4-9-25)26-14-16-27(17-15-26)33(34,35)36/h2-22H,1H3. The summed E-state index contributed by atoms with van der Waals surface area (Å²) in [5, 5.41) is 2.26. The van der Waals surface area contributed by atoms with Crippen molar-refractivity contribution in [1.29, 1.82) is 0 Å². The zero-order valence-electron chi connectivity index (χ0n) is 20.2. The summed E-state index contributed by atoms with van der Waals surface area (Å²) in [6.45, 7) is 2.04. The lowest BCUT2D eigenvalue weighted by molar-refractivity contribution is -0.137. The molecule has 0 aromatic heterocycles. The number of aryl methyl sites for hydroxylation is 1. The van der Waals surface area contributed by atoms with Crippen molar-refractivity contribution in [1.82, 2.24) is 0 Å². The first-order chi connectivity index (χ1) is 17.9. The van der Waals surface area contributed by atoms with Crippen molar-refractivity contribution in [3.8, 4) is 0 Å². The van der Waals surface area contributed by atoms with Gasteiger partial charge in [-0.25, -0.2) is 0 Å². The molecular weight excluding hydrogens is 467 g/mol. The lowest BCUT2D eigenvalue weighted by Crippen LogP contribution is -2.45. The third-order valence-corrected chi connectivity index (χ3v) is 7.19. The Labute approximate surface area is 214 Å². The first-order valence-electron chi connectivity index (χ1n) is 12.2. The molecule has 0 fully saturated rings. The normalized spacial score (nSPS) is 17.1. The Morgan fingerprint density at radius 1 is 0.649 bits per heavy atom. The van der Waals surface area contributed by atoms with Gasteiger partial charge in [0, 0.05) is 11.3 Å². The largest absolute Gasteiger partial charge is 0.416 e. The van der Waals surface area contributed by atoms with Gasteiger partial charge < -0.3 is 4.90 Å².